The van der Waals surface area contributed by atoms with Gasteiger partial charge in [0.2, 0.25) is 5.91 Å². The van der Waals surface area contributed by atoms with E-state index in [4.69, 9.17) is 4.74 Å². The molecule has 0 unspecified atom stereocenters. The standard InChI is InChI=1S/C18H26N4O2/c1-5-15-11-21(8-9-24-15)18(23)7-6-16-13(3)19-17-10-12(2)20-22(17)14(16)4/h10,15H,5-9,11H2,1-4H3/t15-/m1/s1. The first-order valence-electron chi connectivity index (χ1n) is 8.71. The van der Waals surface area contributed by atoms with Crippen LogP contribution in [0.15, 0.2) is 6.07 Å². The average Bonchev–Trinajstić information content (AvgIpc) is 2.95. The van der Waals surface area contributed by atoms with Gasteiger partial charge in [0.25, 0.3) is 0 Å². The zero-order chi connectivity index (χ0) is 17.3. The topological polar surface area (TPSA) is 59.7 Å². The first-order chi connectivity index (χ1) is 11.5. The van der Waals surface area contributed by atoms with Crippen molar-refractivity contribution in [3.63, 3.8) is 0 Å². The highest BCUT2D eigenvalue weighted by molar-refractivity contribution is 5.76. The van der Waals surface area contributed by atoms with Crippen molar-refractivity contribution in [3.05, 3.63) is 28.7 Å². The molecule has 0 N–H and O–H groups in total. The van der Waals surface area contributed by atoms with Crippen molar-refractivity contribution in [3.8, 4) is 0 Å². The van der Waals surface area contributed by atoms with Crippen LogP contribution in [-0.4, -0.2) is 51.2 Å². The van der Waals surface area contributed by atoms with Gasteiger partial charge in [0.05, 0.1) is 18.4 Å². The van der Waals surface area contributed by atoms with Crippen LogP contribution < -0.4 is 0 Å². The van der Waals surface area contributed by atoms with Crippen LogP contribution in [-0.2, 0) is 16.0 Å². The number of hydrogen-bond donors (Lipinski definition) is 0. The fourth-order valence-corrected chi connectivity index (χ4v) is 3.39. The molecule has 3 heterocycles. The fraction of sp³-hybridized carbons (Fsp3) is 0.611. The number of aromatic nitrogens is 3. The molecule has 0 aromatic carbocycles. The van der Waals surface area contributed by atoms with Gasteiger partial charge in [0.15, 0.2) is 5.65 Å². The van der Waals surface area contributed by atoms with E-state index in [1.807, 2.05) is 29.3 Å². The first kappa shape index (κ1) is 16.9. The molecule has 1 atom stereocenters. The number of rotatable bonds is 4. The SMILES string of the molecule is CC[C@@H]1CN(C(=O)CCc2c(C)nc3cc(C)nn3c2C)CCO1. The molecular formula is C18H26N4O2. The summed E-state index contributed by atoms with van der Waals surface area (Å²) in [6.07, 6.45) is 2.33. The number of nitrogens with zero attached hydrogens (tertiary/aromatic N) is 4. The van der Waals surface area contributed by atoms with Crippen molar-refractivity contribution in [1.29, 1.82) is 0 Å². The Bertz CT molecular complexity index is 753. The number of ether oxygens (including phenoxy) is 1. The number of morpholine rings is 1. The second kappa shape index (κ2) is 6.89. The third-order valence-corrected chi connectivity index (χ3v) is 4.82. The van der Waals surface area contributed by atoms with Crippen LogP contribution in [0.3, 0.4) is 0 Å². The molecule has 3 rings (SSSR count). The quantitative estimate of drug-likeness (QED) is 0.862. The van der Waals surface area contributed by atoms with Gasteiger partial charge >= 0.3 is 0 Å². The predicted molar refractivity (Wildman–Crippen MR) is 92.1 cm³/mol. The Morgan fingerprint density at radius 2 is 2.17 bits per heavy atom. The summed E-state index contributed by atoms with van der Waals surface area (Å²) in [5.74, 6) is 0.201. The van der Waals surface area contributed by atoms with Gasteiger partial charge in [0.1, 0.15) is 0 Å². The van der Waals surface area contributed by atoms with Crippen LogP contribution in [0, 0.1) is 20.8 Å². The van der Waals surface area contributed by atoms with Crippen molar-refractivity contribution in [2.24, 2.45) is 0 Å². The number of carbonyl (C=O) groups is 1. The fourth-order valence-electron chi connectivity index (χ4n) is 3.39. The summed E-state index contributed by atoms with van der Waals surface area (Å²) in [5.41, 5.74) is 5.01. The number of fused-ring (bicyclic) bond motifs is 1. The second-order valence-electron chi connectivity index (χ2n) is 6.56. The number of hydrogen-bond acceptors (Lipinski definition) is 4. The molecule has 2 aromatic heterocycles. The summed E-state index contributed by atoms with van der Waals surface area (Å²) >= 11 is 0. The number of amides is 1. The van der Waals surface area contributed by atoms with E-state index in [0.29, 0.717) is 32.5 Å². The van der Waals surface area contributed by atoms with Crippen molar-refractivity contribution >= 4 is 11.6 Å². The molecule has 0 saturated carbocycles. The molecule has 6 nitrogen and oxygen atoms in total. The lowest BCUT2D eigenvalue weighted by Crippen LogP contribution is -2.45. The normalized spacial score (nSPS) is 18.3. The third kappa shape index (κ3) is 3.29. The zero-order valence-electron chi connectivity index (χ0n) is 15.0. The molecule has 2 aromatic rings. The smallest absolute Gasteiger partial charge is 0.223 e. The molecule has 0 radical (unpaired) electrons. The van der Waals surface area contributed by atoms with E-state index in [9.17, 15) is 4.79 Å². The maximum absolute atomic E-state index is 12.6. The van der Waals surface area contributed by atoms with Crippen molar-refractivity contribution < 1.29 is 9.53 Å². The molecule has 1 amide bonds. The van der Waals surface area contributed by atoms with E-state index >= 15 is 0 Å². The Labute approximate surface area is 142 Å². The Hall–Kier alpha value is -1.95. The second-order valence-corrected chi connectivity index (χ2v) is 6.56. The van der Waals surface area contributed by atoms with Gasteiger partial charge in [-0.2, -0.15) is 5.10 Å². The molecular weight excluding hydrogens is 304 g/mol. The molecule has 0 aliphatic carbocycles. The highest BCUT2D eigenvalue weighted by Gasteiger charge is 2.23. The summed E-state index contributed by atoms with van der Waals surface area (Å²) in [5, 5.41) is 4.49. The molecule has 1 fully saturated rings. The van der Waals surface area contributed by atoms with E-state index < -0.39 is 0 Å². The summed E-state index contributed by atoms with van der Waals surface area (Å²) in [7, 11) is 0. The van der Waals surface area contributed by atoms with Crippen LogP contribution in [0.1, 0.15) is 42.4 Å². The minimum Gasteiger partial charge on any atom is -0.375 e. The van der Waals surface area contributed by atoms with Gasteiger partial charge in [0, 0.05) is 37.0 Å². The minimum absolute atomic E-state index is 0.177. The van der Waals surface area contributed by atoms with Gasteiger partial charge in [-0.05, 0) is 39.2 Å². The monoisotopic (exact) mass is 330 g/mol. The molecule has 1 saturated heterocycles. The van der Waals surface area contributed by atoms with Crippen molar-refractivity contribution in [2.45, 2.75) is 53.1 Å². The molecule has 6 heteroatoms. The van der Waals surface area contributed by atoms with Crippen LogP contribution >= 0.6 is 0 Å². The van der Waals surface area contributed by atoms with Crippen LogP contribution in [0.25, 0.3) is 5.65 Å². The first-order valence-corrected chi connectivity index (χ1v) is 8.71. The van der Waals surface area contributed by atoms with Crippen molar-refractivity contribution in [1.82, 2.24) is 19.5 Å². The predicted octanol–water partition coefficient (Wildman–Crippen LogP) is 2.22. The molecule has 0 spiro atoms. The Balaban J connectivity index is 1.72. The van der Waals surface area contributed by atoms with Crippen molar-refractivity contribution in [2.75, 3.05) is 19.7 Å². The summed E-state index contributed by atoms with van der Waals surface area (Å²) in [6.45, 7) is 10.2. The van der Waals surface area contributed by atoms with Gasteiger partial charge in [-0.1, -0.05) is 6.92 Å². The third-order valence-electron chi connectivity index (χ3n) is 4.82. The van der Waals surface area contributed by atoms with E-state index in [1.165, 1.54) is 0 Å². The van der Waals surface area contributed by atoms with Gasteiger partial charge < -0.3 is 9.64 Å². The molecule has 130 valence electrons. The van der Waals surface area contributed by atoms with Gasteiger partial charge in [-0.15, -0.1) is 0 Å². The maximum atomic E-state index is 12.6. The molecule has 1 aliphatic heterocycles. The zero-order valence-corrected chi connectivity index (χ0v) is 15.0. The van der Waals surface area contributed by atoms with E-state index in [1.54, 1.807) is 0 Å². The Morgan fingerprint density at radius 1 is 1.38 bits per heavy atom. The summed E-state index contributed by atoms with van der Waals surface area (Å²) in [6, 6.07) is 1.98. The maximum Gasteiger partial charge on any atom is 0.223 e. The molecule has 0 bridgehead atoms. The molecule has 1 aliphatic rings. The minimum atomic E-state index is 0.177. The van der Waals surface area contributed by atoms with E-state index in [0.717, 1.165) is 34.7 Å². The lowest BCUT2D eigenvalue weighted by molar-refractivity contribution is -0.138. The Morgan fingerprint density at radius 3 is 2.92 bits per heavy atom. The van der Waals surface area contributed by atoms with Gasteiger partial charge in [-0.3, -0.25) is 4.79 Å². The Kier molecular flexibility index (Phi) is 4.85. The average molecular weight is 330 g/mol. The van der Waals surface area contributed by atoms with E-state index in [2.05, 4.69) is 23.9 Å². The summed E-state index contributed by atoms with van der Waals surface area (Å²) < 4.78 is 7.52. The van der Waals surface area contributed by atoms with Crippen LogP contribution in [0.2, 0.25) is 0 Å². The molecule has 24 heavy (non-hydrogen) atoms. The van der Waals surface area contributed by atoms with E-state index in [-0.39, 0.29) is 12.0 Å². The highest BCUT2D eigenvalue weighted by atomic mass is 16.5. The lowest BCUT2D eigenvalue weighted by Gasteiger charge is -2.32. The van der Waals surface area contributed by atoms with Crippen LogP contribution in [0.4, 0.5) is 0 Å². The number of carbonyl (C=O) groups excluding carboxylic acids is 1. The summed E-state index contributed by atoms with van der Waals surface area (Å²) in [4.78, 5) is 19.1. The lowest BCUT2D eigenvalue weighted by atomic mass is 10.1. The largest absolute Gasteiger partial charge is 0.375 e. The van der Waals surface area contributed by atoms with Gasteiger partial charge in [-0.25, -0.2) is 9.50 Å². The highest BCUT2D eigenvalue weighted by Crippen LogP contribution is 2.18. The number of aryl methyl sites for hydroxylation is 3. The van der Waals surface area contributed by atoms with Crippen LogP contribution in [0.5, 0.6) is 0 Å².